The molecule has 1 aliphatic rings. The van der Waals surface area contributed by atoms with Gasteiger partial charge in [0.1, 0.15) is 0 Å². The summed E-state index contributed by atoms with van der Waals surface area (Å²) in [5.41, 5.74) is 0. The second-order valence-corrected chi connectivity index (χ2v) is 2.90. The van der Waals surface area contributed by atoms with Crippen molar-refractivity contribution in [3.63, 3.8) is 0 Å². The molecule has 0 aliphatic carbocycles. The van der Waals surface area contributed by atoms with Crippen LogP contribution in [0.25, 0.3) is 0 Å². The summed E-state index contributed by atoms with van der Waals surface area (Å²) < 4.78 is 0. The summed E-state index contributed by atoms with van der Waals surface area (Å²) in [5, 5.41) is 0. The summed E-state index contributed by atoms with van der Waals surface area (Å²) in [5.74, 6) is 0. The molecular formula is C8H19NO. The molecule has 2 N–H and O–H groups in total. The Kier molecular flexibility index (Phi) is 5.64. The molecule has 10 heavy (non-hydrogen) atoms. The van der Waals surface area contributed by atoms with Crippen LogP contribution in [0.15, 0.2) is 0 Å². The number of hydrogen-bond acceptors (Lipinski definition) is 1. The van der Waals surface area contributed by atoms with E-state index in [0.29, 0.717) is 0 Å². The van der Waals surface area contributed by atoms with E-state index in [1.54, 1.807) is 0 Å². The zero-order chi connectivity index (χ0) is 6.53. The zero-order valence-electron chi connectivity index (χ0n) is 6.90. The lowest BCUT2D eigenvalue weighted by Gasteiger charge is -2.25. The van der Waals surface area contributed by atoms with Gasteiger partial charge in [0.25, 0.3) is 0 Å². The normalized spacial score (nSPS) is 20.1. The van der Waals surface area contributed by atoms with Gasteiger partial charge in [-0.1, -0.05) is 13.3 Å². The molecular weight excluding hydrogens is 126 g/mol. The molecule has 1 rings (SSSR count). The summed E-state index contributed by atoms with van der Waals surface area (Å²) in [7, 11) is 0. The van der Waals surface area contributed by atoms with E-state index in [1.165, 1.54) is 45.3 Å². The van der Waals surface area contributed by atoms with Gasteiger partial charge in [-0.15, -0.1) is 0 Å². The van der Waals surface area contributed by atoms with Crippen molar-refractivity contribution in [1.82, 2.24) is 4.90 Å². The summed E-state index contributed by atoms with van der Waals surface area (Å²) in [6.45, 7) is 6.29. The van der Waals surface area contributed by atoms with Crippen molar-refractivity contribution in [3.8, 4) is 0 Å². The number of rotatable bonds is 2. The number of nitrogens with zero attached hydrogens (tertiary/aromatic N) is 1. The number of hydrogen-bond donors (Lipinski definition) is 0. The molecule has 2 nitrogen and oxygen atoms in total. The first-order chi connectivity index (χ1) is 4.43. The fourth-order valence-corrected chi connectivity index (χ4v) is 1.50. The van der Waals surface area contributed by atoms with Gasteiger partial charge >= 0.3 is 0 Å². The molecule has 0 aromatic carbocycles. The van der Waals surface area contributed by atoms with Gasteiger partial charge in [0.2, 0.25) is 0 Å². The van der Waals surface area contributed by atoms with Crippen LogP contribution in [0.3, 0.4) is 0 Å². The van der Waals surface area contributed by atoms with Crippen LogP contribution in [0.4, 0.5) is 0 Å². The van der Waals surface area contributed by atoms with Crippen LogP contribution < -0.4 is 0 Å². The molecule has 62 valence electrons. The fraction of sp³-hybridized carbons (Fsp3) is 1.00. The average molecular weight is 145 g/mol. The predicted octanol–water partition coefficient (Wildman–Crippen LogP) is 1.06. The Morgan fingerprint density at radius 3 is 2.20 bits per heavy atom. The lowest BCUT2D eigenvalue weighted by molar-refractivity contribution is 0.229. The molecule has 2 heteroatoms. The molecule has 1 heterocycles. The van der Waals surface area contributed by atoms with Crippen molar-refractivity contribution in [3.05, 3.63) is 0 Å². The minimum Gasteiger partial charge on any atom is -0.412 e. The third-order valence-electron chi connectivity index (χ3n) is 1.99. The number of likely N-dealkylation sites (tertiary alicyclic amines) is 1. The minimum atomic E-state index is 0. The van der Waals surface area contributed by atoms with Gasteiger partial charge in [-0.2, -0.15) is 0 Å². The predicted molar refractivity (Wildman–Crippen MR) is 44.2 cm³/mol. The second kappa shape index (κ2) is 5.69. The summed E-state index contributed by atoms with van der Waals surface area (Å²) in [4.78, 5) is 2.57. The molecule has 0 spiro atoms. The van der Waals surface area contributed by atoms with Gasteiger partial charge in [-0.3, -0.25) is 0 Å². The third kappa shape index (κ3) is 3.18. The van der Waals surface area contributed by atoms with Crippen molar-refractivity contribution >= 4 is 0 Å². The monoisotopic (exact) mass is 145 g/mol. The minimum absolute atomic E-state index is 0. The van der Waals surface area contributed by atoms with Crippen LogP contribution in [-0.2, 0) is 0 Å². The quantitative estimate of drug-likeness (QED) is 0.572. The van der Waals surface area contributed by atoms with Gasteiger partial charge in [-0.05, 0) is 38.9 Å². The van der Waals surface area contributed by atoms with Crippen LogP contribution in [-0.4, -0.2) is 30.0 Å². The van der Waals surface area contributed by atoms with Crippen molar-refractivity contribution in [2.45, 2.75) is 32.6 Å². The van der Waals surface area contributed by atoms with E-state index < -0.39 is 0 Å². The second-order valence-electron chi connectivity index (χ2n) is 2.90. The van der Waals surface area contributed by atoms with E-state index in [2.05, 4.69) is 11.8 Å². The Morgan fingerprint density at radius 2 is 1.70 bits per heavy atom. The zero-order valence-corrected chi connectivity index (χ0v) is 6.90. The Balaban J connectivity index is 0.000000810. The van der Waals surface area contributed by atoms with E-state index in [1.807, 2.05) is 0 Å². The smallest absolute Gasteiger partial charge is 0.00187 e. The Morgan fingerprint density at radius 1 is 1.10 bits per heavy atom. The molecule has 1 saturated heterocycles. The van der Waals surface area contributed by atoms with Crippen molar-refractivity contribution < 1.29 is 5.48 Å². The molecule has 0 radical (unpaired) electrons. The standard InChI is InChI=1S/C8H17N.H2O/c1-2-6-9-7-4-3-5-8-9;/h2-8H2,1H3;1H2. The van der Waals surface area contributed by atoms with Gasteiger partial charge in [0.15, 0.2) is 0 Å². The van der Waals surface area contributed by atoms with Crippen molar-refractivity contribution in [2.75, 3.05) is 19.6 Å². The van der Waals surface area contributed by atoms with E-state index in [0.717, 1.165) is 0 Å². The van der Waals surface area contributed by atoms with Gasteiger partial charge in [0.05, 0.1) is 0 Å². The van der Waals surface area contributed by atoms with Crippen LogP contribution in [0.2, 0.25) is 0 Å². The average Bonchev–Trinajstić information content (AvgIpc) is 1.91. The van der Waals surface area contributed by atoms with Gasteiger partial charge in [-0.25, -0.2) is 0 Å². The highest BCUT2D eigenvalue weighted by molar-refractivity contribution is 4.62. The molecule has 0 amide bonds. The maximum absolute atomic E-state index is 2.57. The first-order valence-electron chi connectivity index (χ1n) is 4.16. The summed E-state index contributed by atoms with van der Waals surface area (Å²) in [6.07, 6.45) is 5.64. The first-order valence-corrected chi connectivity index (χ1v) is 4.16. The first kappa shape index (κ1) is 9.92. The van der Waals surface area contributed by atoms with Crippen LogP contribution in [0.1, 0.15) is 32.6 Å². The van der Waals surface area contributed by atoms with Crippen molar-refractivity contribution in [1.29, 1.82) is 0 Å². The molecule has 0 aromatic heterocycles. The molecule has 1 aliphatic heterocycles. The molecule has 0 saturated carbocycles. The molecule has 0 aromatic rings. The van der Waals surface area contributed by atoms with Gasteiger partial charge in [0, 0.05) is 0 Å². The van der Waals surface area contributed by atoms with Crippen LogP contribution in [0.5, 0.6) is 0 Å². The SMILES string of the molecule is CCCN1CCCCC1.O. The largest absolute Gasteiger partial charge is 0.412 e. The van der Waals surface area contributed by atoms with Crippen LogP contribution >= 0.6 is 0 Å². The van der Waals surface area contributed by atoms with Gasteiger partial charge < -0.3 is 10.4 Å². The van der Waals surface area contributed by atoms with E-state index >= 15 is 0 Å². The maximum atomic E-state index is 2.57. The lowest BCUT2D eigenvalue weighted by atomic mass is 10.1. The highest BCUT2D eigenvalue weighted by Crippen LogP contribution is 2.07. The van der Waals surface area contributed by atoms with E-state index in [-0.39, 0.29) is 5.48 Å². The topological polar surface area (TPSA) is 34.7 Å². The highest BCUT2D eigenvalue weighted by atomic mass is 16.0. The number of piperidine rings is 1. The maximum Gasteiger partial charge on any atom is -0.00187 e. The Bertz CT molecular complexity index is 66.9. The molecule has 0 unspecified atom stereocenters. The van der Waals surface area contributed by atoms with E-state index in [9.17, 15) is 0 Å². The third-order valence-corrected chi connectivity index (χ3v) is 1.99. The Labute approximate surface area is 63.5 Å². The fourth-order valence-electron chi connectivity index (χ4n) is 1.50. The molecule has 0 bridgehead atoms. The van der Waals surface area contributed by atoms with Crippen LogP contribution in [0, 0.1) is 0 Å². The summed E-state index contributed by atoms with van der Waals surface area (Å²) in [6, 6.07) is 0. The highest BCUT2D eigenvalue weighted by Gasteiger charge is 2.07. The summed E-state index contributed by atoms with van der Waals surface area (Å²) >= 11 is 0. The Hall–Kier alpha value is -0.0800. The lowest BCUT2D eigenvalue weighted by Crippen LogP contribution is -2.30. The van der Waals surface area contributed by atoms with Crippen molar-refractivity contribution in [2.24, 2.45) is 0 Å². The molecule has 1 fully saturated rings. The molecule has 0 atom stereocenters. The van der Waals surface area contributed by atoms with E-state index in [4.69, 9.17) is 0 Å².